The molecule has 1 fully saturated rings. The third-order valence-electron chi connectivity index (χ3n) is 2.20. The predicted octanol–water partition coefficient (Wildman–Crippen LogP) is 1.12. The van der Waals surface area contributed by atoms with Crippen LogP contribution in [0.15, 0.2) is 12.2 Å². The van der Waals surface area contributed by atoms with Crippen molar-refractivity contribution >= 4 is 5.97 Å². The maximum atomic E-state index is 12.8. The van der Waals surface area contributed by atoms with Gasteiger partial charge in [0.05, 0.1) is 19.6 Å². The van der Waals surface area contributed by atoms with Gasteiger partial charge in [-0.2, -0.15) is 8.78 Å². The lowest BCUT2D eigenvalue weighted by molar-refractivity contribution is -0.159. The lowest BCUT2D eigenvalue weighted by atomic mass is 10.2. The molecule has 1 rings (SSSR count). The molecule has 1 unspecified atom stereocenters. The predicted molar refractivity (Wildman–Crippen MR) is 57.9 cm³/mol. The third-order valence-corrected chi connectivity index (χ3v) is 2.20. The summed E-state index contributed by atoms with van der Waals surface area (Å²) < 4.78 is 35.3. The molecule has 4 nitrogen and oxygen atoms in total. The molecule has 0 spiro atoms. The Bertz CT molecular complexity index is 294. The van der Waals surface area contributed by atoms with Gasteiger partial charge in [-0.3, -0.25) is 0 Å². The highest BCUT2D eigenvalue weighted by atomic mass is 19.3. The van der Waals surface area contributed by atoms with E-state index in [1.54, 1.807) is 0 Å². The van der Waals surface area contributed by atoms with E-state index >= 15 is 0 Å². The molecule has 6 heteroatoms. The Morgan fingerprint density at radius 3 is 2.94 bits per heavy atom. The fraction of sp³-hybridized carbons (Fsp3) is 0.727. The number of carbonyl (C=O) groups is 1. The number of hydrogen-bond acceptors (Lipinski definition) is 4. The quantitative estimate of drug-likeness (QED) is 0.417. The van der Waals surface area contributed by atoms with Gasteiger partial charge in [-0.15, -0.1) is 0 Å². The zero-order valence-corrected chi connectivity index (χ0v) is 9.80. The summed E-state index contributed by atoms with van der Waals surface area (Å²) in [7, 11) is 0. The fourth-order valence-corrected chi connectivity index (χ4v) is 1.42. The summed E-state index contributed by atoms with van der Waals surface area (Å²) in [6.45, 7) is 7.22. The molecule has 0 aromatic rings. The molecule has 1 N–H and O–H groups in total. The van der Waals surface area contributed by atoms with Gasteiger partial charge < -0.3 is 14.8 Å². The van der Waals surface area contributed by atoms with Crippen molar-refractivity contribution < 1.29 is 23.0 Å². The van der Waals surface area contributed by atoms with Gasteiger partial charge in [0.1, 0.15) is 6.10 Å². The van der Waals surface area contributed by atoms with E-state index in [2.05, 4.69) is 16.6 Å². The van der Waals surface area contributed by atoms with Gasteiger partial charge in [0.2, 0.25) is 0 Å². The molecule has 0 saturated carbocycles. The third kappa shape index (κ3) is 4.79. The minimum Gasteiger partial charge on any atom is -0.456 e. The summed E-state index contributed by atoms with van der Waals surface area (Å²) in [4.78, 5) is 10.7. The van der Waals surface area contributed by atoms with E-state index in [0.717, 1.165) is 5.57 Å². The van der Waals surface area contributed by atoms with Crippen molar-refractivity contribution in [3.05, 3.63) is 12.2 Å². The second-order valence-corrected chi connectivity index (χ2v) is 4.15. The highest BCUT2D eigenvalue weighted by Gasteiger charge is 2.50. The molecular weight excluding hydrogens is 232 g/mol. The monoisotopic (exact) mass is 249 g/mol. The Morgan fingerprint density at radius 2 is 2.41 bits per heavy atom. The van der Waals surface area contributed by atoms with Crippen LogP contribution in [0.1, 0.15) is 13.3 Å². The smallest absolute Gasteiger partial charge is 0.377 e. The van der Waals surface area contributed by atoms with Crippen LogP contribution in [0, 0.1) is 0 Å². The van der Waals surface area contributed by atoms with Crippen LogP contribution in [0.3, 0.4) is 0 Å². The Kier molecular flexibility index (Phi) is 5.02. The maximum Gasteiger partial charge on any atom is 0.377 e. The van der Waals surface area contributed by atoms with Gasteiger partial charge in [-0.25, -0.2) is 4.79 Å². The van der Waals surface area contributed by atoms with Crippen molar-refractivity contribution in [1.29, 1.82) is 0 Å². The van der Waals surface area contributed by atoms with Crippen molar-refractivity contribution in [1.82, 2.24) is 5.32 Å². The standard InChI is InChI=1S/C11H17F2NO3/c1-8(2)7-16-4-3-14-6-9-5-11(12,13)10(15)17-9/h9,14H,1,3-7H2,2H3. The summed E-state index contributed by atoms with van der Waals surface area (Å²) in [6, 6.07) is 0. The first kappa shape index (κ1) is 14.1. The Labute approximate surface area is 99.0 Å². The van der Waals surface area contributed by atoms with Gasteiger partial charge >= 0.3 is 11.9 Å². The first-order chi connectivity index (χ1) is 7.92. The molecular formula is C11H17F2NO3. The molecule has 1 aliphatic rings. The van der Waals surface area contributed by atoms with Crippen molar-refractivity contribution in [2.24, 2.45) is 0 Å². The topological polar surface area (TPSA) is 47.6 Å². The first-order valence-corrected chi connectivity index (χ1v) is 5.43. The summed E-state index contributed by atoms with van der Waals surface area (Å²) in [5.74, 6) is -4.76. The Balaban J connectivity index is 2.05. The Morgan fingerprint density at radius 1 is 1.71 bits per heavy atom. The van der Waals surface area contributed by atoms with Gasteiger partial charge in [0.25, 0.3) is 0 Å². The minimum absolute atomic E-state index is 0.220. The van der Waals surface area contributed by atoms with Gasteiger partial charge in [-0.1, -0.05) is 12.2 Å². The summed E-state index contributed by atoms with van der Waals surface area (Å²) in [5, 5.41) is 2.89. The van der Waals surface area contributed by atoms with Crippen LogP contribution >= 0.6 is 0 Å². The van der Waals surface area contributed by atoms with Crippen molar-refractivity contribution in [2.45, 2.75) is 25.4 Å². The Hall–Kier alpha value is -1.01. The second kappa shape index (κ2) is 6.07. The summed E-state index contributed by atoms with van der Waals surface area (Å²) in [6.07, 6.45) is -1.30. The van der Waals surface area contributed by atoms with E-state index in [4.69, 9.17) is 4.74 Å². The van der Waals surface area contributed by atoms with E-state index in [1.165, 1.54) is 0 Å². The summed E-state index contributed by atoms with van der Waals surface area (Å²) in [5.41, 5.74) is 0.925. The second-order valence-electron chi connectivity index (χ2n) is 4.15. The van der Waals surface area contributed by atoms with E-state index < -0.39 is 24.4 Å². The van der Waals surface area contributed by atoms with Crippen LogP contribution in [0.4, 0.5) is 8.78 Å². The molecule has 0 aromatic heterocycles. The highest BCUT2D eigenvalue weighted by Crippen LogP contribution is 2.30. The normalized spacial score (nSPS) is 22.5. The van der Waals surface area contributed by atoms with Crippen molar-refractivity contribution in [3.8, 4) is 0 Å². The molecule has 0 amide bonds. The van der Waals surface area contributed by atoms with Crippen LogP contribution in [0.5, 0.6) is 0 Å². The molecule has 1 aliphatic heterocycles. The number of nitrogens with one attached hydrogen (secondary N) is 1. The van der Waals surface area contributed by atoms with Crippen LogP contribution in [0.25, 0.3) is 0 Å². The number of ether oxygens (including phenoxy) is 2. The number of carbonyl (C=O) groups excluding carboxylic acids is 1. The fourth-order valence-electron chi connectivity index (χ4n) is 1.42. The molecule has 98 valence electrons. The van der Waals surface area contributed by atoms with Crippen LogP contribution in [-0.4, -0.2) is 44.3 Å². The molecule has 1 heterocycles. The van der Waals surface area contributed by atoms with Gasteiger partial charge in [-0.05, 0) is 6.92 Å². The van der Waals surface area contributed by atoms with E-state index in [9.17, 15) is 13.6 Å². The number of rotatable bonds is 7. The van der Waals surface area contributed by atoms with Crippen LogP contribution in [0.2, 0.25) is 0 Å². The SMILES string of the molecule is C=C(C)COCCNCC1CC(F)(F)C(=O)O1. The molecule has 0 bridgehead atoms. The number of cyclic esters (lactones) is 1. The molecule has 1 atom stereocenters. The maximum absolute atomic E-state index is 12.8. The van der Waals surface area contributed by atoms with Crippen molar-refractivity contribution in [3.63, 3.8) is 0 Å². The van der Waals surface area contributed by atoms with Crippen LogP contribution < -0.4 is 5.32 Å². The zero-order valence-electron chi connectivity index (χ0n) is 9.80. The van der Waals surface area contributed by atoms with Gasteiger partial charge in [0, 0.05) is 13.1 Å². The number of esters is 1. The number of hydrogen-bond donors (Lipinski definition) is 1. The van der Waals surface area contributed by atoms with E-state index in [0.29, 0.717) is 19.8 Å². The molecule has 0 aliphatic carbocycles. The average molecular weight is 249 g/mol. The average Bonchev–Trinajstić information content (AvgIpc) is 2.46. The largest absolute Gasteiger partial charge is 0.456 e. The molecule has 1 saturated heterocycles. The number of halogens is 2. The molecule has 0 radical (unpaired) electrons. The minimum atomic E-state index is -3.33. The van der Waals surface area contributed by atoms with Crippen LogP contribution in [-0.2, 0) is 14.3 Å². The molecule has 0 aromatic carbocycles. The number of alkyl halides is 2. The lowest BCUT2D eigenvalue weighted by Gasteiger charge is -2.10. The zero-order chi connectivity index (χ0) is 12.9. The van der Waals surface area contributed by atoms with Crippen molar-refractivity contribution in [2.75, 3.05) is 26.3 Å². The van der Waals surface area contributed by atoms with Gasteiger partial charge in [0.15, 0.2) is 0 Å². The van der Waals surface area contributed by atoms with E-state index in [1.807, 2.05) is 6.92 Å². The molecule has 17 heavy (non-hydrogen) atoms. The summed E-state index contributed by atoms with van der Waals surface area (Å²) >= 11 is 0. The first-order valence-electron chi connectivity index (χ1n) is 5.43. The highest BCUT2D eigenvalue weighted by molar-refractivity contribution is 5.79. The van der Waals surface area contributed by atoms with E-state index in [-0.39, 0.29) is 6.54 Å². The lowest BCUT2D eigenvalue weighted by Crippen LogP contribution is -2.29.